The Morgan fingerprint density at radius 2 is 1.72 bits per heavy atom. The molecule has 2 aromatic carbocycles. The minimum atomic E-state index is -0.699. The Morgan fingerprint density at radius 1 is 1.00 bits per heavy atom. The third kappa shape index (κ3) is 4.37. The normalized spacial score (nSPS) is 11.6. The van der Waals surface area contributed by atoms with Crippen molar-refractivity contribution in [2.45, 2.75) is 13.0 Å². The Labute approximate surface area is 151 Å². The number of benzene rings is 2. The van der Waals surface area contributed by atoms with Crippen LogP contribution in [0.3, 0.4) is 0 Å². The summed E-state index contributed by atoms with van der Waals surface area (Å²) in [6.07, 6.45) is 1.03. The molecule has 25 heavy (non-hydrogen) atoms. The van der Waals surface area contributed by atoms with Gasteiger partial charge in [0, 0.05) is 11.8 Å². The van der Waals surface area contributed by atoms with Crippen molar-refractivity contribution in [1.29, 1.82) is 0 Å². The van der Waals surface area contributed by atoms with Crippen LogP contribution in [0.2, 0.25) is 5.02 Å². The number of ether oxygens (including phenoxy) is 1. The molecule has 3 aromatic rings. The van der Waals surface area contributed by atoms with Crippen LogP contribution in [0.4, 0.5) is 5.82 Å². The van der Waals surface area contributed by atoms with Gasteiger partial charge in [-0.2, -0.15) is 0 Å². The van der Waals surface area contributed by atoms with Crippen molar-refractivity contribution in [3.8, 4) is 16.9 Å². The summed E-state index contributed by atoms with van der Waals surface area (Å²) in [6.45, 7) is 1.66. The molecule has 1 N–H and O–H groups in total. The molecule has 0 radical (unpaired) electrons. The lowest BCUT2D eigenvalue weighted by Crippen LogP contribution is -2.30. The van der Waals surface area contributed by atoms with E-state index in [0.29, 0.717) is 16.6 Å². The number of halogens is 1. The van der Waals surface area contributed by atoms with E-state index in [1.165, 1.54) is 0 Å². The molecule has 0 unspecified atom stereocenters. The lowest BCUT2D eigenvalue weighted by atomic mass is 10.1. The summed E-state index contributed by atoms with van der Waals surface area (Å²) in [4.78, 5) is 16.6. The molecule has 0 aliphatic rings. The van der Waals surface area contributed by atoms with Crippen molar-refractivity contribution in [2.24, 2.45) is 0 Å². The van der Waals surface area contributed by atoms with E-state index in [9.17, 15) is 4.79 Å². The Bertz CT molecular complexity index is 851. The topological polar surface area (TPSA) is 51.2 Å². The maximum Gasteiger partial charge on any atom is 0.266 e. The number of carbonyl (C=O) groups excluding carboxylic acids is 1. The third-order valence-electron chi connectivity index (χ3n) is 3.63. The Kier molecular flexibility index (Phi) is 5.31. The molecule has 4 nitrogen and oxygen atoms in total. The van der Waals surface area contributed by atoms with Crippen molar-refractivity contribution in [2.75, 3.05) is 5.32 Å². The van der Waals surface area contributed by atoms with Crippen LogP contribution in [0.25, 0.3) is 11.1 Å². The highest BCUT2D eigenvalue weighted by Crippen LogP contribution is 2.24. The van der Waals surface area contributed by atoms with Gasteiger partial charge in [0.1, 0.15) is 11.6 Å². The Morgan fingerprint density at radius 3 is 2.40 bits per heavy atom. The van der Waals surface area contributed by atoms with Crippen LogP contribution in [-0.4, -0.2) is 17.0 Å². The number of hydrogen-bond acceptors (Lipinski definition) is 3. The molecule has 1 amide bonds. The summed E-state index contributed by atoms with van der Waals surface area (Å²) in [6, 6.07) is 20.6. The highest BCUT2D eigenvalue weighted by molar-refractivity contribution is 6.32. The highest BCUT2D eigenvalue weighted by atomic mass is 35.5. The maximum atomic E-state index is 12.3. The highest BCUT2D eigenvalue weighted by Gasteiger charge is 2.16. The molecule has 1 aromatic heterocycles. The predicted octanol–water partition coefficient (Wildman–Crippen LogP) is 4.81. The molecule has 0 saturated carbocycles. The second-order valence-corrected chi connectivity index (χ2v) is 5.89. The van der Waals surface area contributed by atoms with Gasteiger partial charge in [-0.3, -0.25) is 4.79 Å². The molecule has 0 saturated heterocycles. The SMILES string of the molecule is C[C@H](Oc1ccccc1Cl)C(=O)Nc1ccc(-c2ccccc2)cn1. The average Bonchev–Trinajstić information content (AvgIpc) is 2.65. The number of nitrogens with zero attached hydrogens (tertiary/aromatic N) is 1. The van der Waals surface area contributed by atoms with Crippen LogP contribution in [0.1, 0.15) is 6.92 Å². The van der Waals surface area contributed by atoms with Crippen LogP contribution in [-0.2, 0) is 4.79 Å². The third-order valence-corrected chi connectivity index (χ3v) is 3.94. The molecule has 0 aliphatic heterocycles. The van der Waals surface area contributed by atoms with Gasteiger partial charge in [0.25, 0.3) is 5.91 Å². The van der Waals surface area contributed by atoms with E-state index in [0.717, 1.165) is 11.1 Å². The van der Waals surface area contributed by atoms with E-state index in [2.05, 4.69) is 10.3 Å². The number of pyridine rings is 1. The maximum absolute atomic E-state index is 12.3. The number of anilines is 1. The first-order valence-corrected chi connectivity index (χ1v) is 8.25. The summed E-state index contributed by atoms with van der Waals surface area (Å²) < 4.78 is 5.60. The van der Waals surface area contributed by atoms with E-state index in [1.807, 2.05) is 36.4 Å². The van der Waals surface area contributed by atoms with Crippen LogP contribution in [0.5, 0.6) is 5.75 Å². The lowest BCUT2D eigenvalue weighted by molar-refractivity contribution is -0.122. The van der Waals surface area contributed by atoms with Gasteiger partial charge in [-0.05, 0) is 36.8 Å². The number of nitrogens with one attached hydrogen (secondary N) is 1. The van der Waals surface area contributed by atoms with E-state index in [-0.39, 0.29) is 5.91 Å². The van der Waals surface area contributed by atoms with Gasteiger partial charge in [-0.25, -0.2) is 4.98 Å². The minimum absolute atomic E-state index is 0.292. The van der Waals surface area contributed by atoms with Gasteiger partial charge in [0.05, 0.1) is 5.02 Å². The molecule has 5 heteroatoms. The number of amides is 1. The summed E-state index contributed by atoms with van der Waals surface area (Å²) in [5.74, 6) is 0.651. The zero-order valence-corrected chi connectivity index (χ0v) is 14.4. The van der Waals surface area contributed by atoms with Gasteiger partial charge in [0.15, 0.2) is 6.10 Å². The van der Waals surface area contributed by atoms with Crippen molar-refractivity contribution < 1.29 is 9.53 Å². The molecule has 3 rings (SSSR count). The molecule has 0 fully saturated rings. The van der Waals surface area contributed by atoms with E-state index in [4.69, 9.17) is 16.3 Å². The van der Waals surface area contributed by atoms with Gasteiger partial charge >= 0.3 is 0 Å². The summed E-state index contributed by atoms with van der Waals surface area (Å²) >= 11 is 6.04. The second kappa shape index (κ2) is 7.81. The number of carbonyl (C=O) groups is 1. The zero-order chi connectivity index (χ0) is 17.6. The van der Waals surface area contributed by atoms with Crippen molar-refractivity contribution in [1.82, 2.24) is 4.98 Å². The van der Waals surface area contributed by atoms with Gasteiger partial charge in [-0.15, -0.1) is 0 Å². The van der Waals surface area contributed by atoms with Crippen LogP contribution in [0, 0.1) is 0 Å². The van der Waals surface area contributed by atoms with E-state index < -0.39 is 6.10 Å². The van der Waals surface area contributed by atoms with Gasteiger partial charge in [0.2, 0.25) is 0 Å². The summed E-state index contributed by atoms with van der Waals surface area (Å²) in [7, 11) is 0. The number of aromatic nitrogens is 1. The monoisotopic (exact) mass is 352 g/mol. The Balaban J connectivity index is 1.63. The molecule has 126 valence electrons. The molecule has 0 bridgehead atoms. The standard InChI is InChI=1S/C20H17ClN2O2/c1-14(25-18-10-6-5-9-17(18)21)20(24)23-19-12-11-16(13-22-19)15-7-3-2-4-8-15/h2-14H,1H3,(H,22,23,24)/t14-/m0/s1. The molecule has 0 spiro atoms. The second-order valence-electron chi connectivity index (χ2n) is 5.48. The molecule has 1 heterocycles. The van der Waals surface area contributed by atoms with Crippen molar-refractivity contribution in [3.63, 3.8) is 0 Å². The van der Waals surface area contributed by atoms with Crippen molar-refractivity contribution >= 4 is 23.3 Å². The van der Waals surface area contributed by atoms with E-state index >= 15 is 0 Å². The first-order chi connectivity index (χ1) is 12.1. The van der Waals surface area contributed by atoms with E-state index in [1.54, 1.807) is 43.5 Å². The van der Waals surface area contributed by atoms with Crippen LogP contribution >= 0.6 is 11.6 Å². The van der Waals surface area contributed by atoms with Crippen LogP contribution < -0.4 is 10.1 Å². The number of rotatable bonds is 5. The quantitative estimate of drug-likeness (QED) is 0.717. The largest absolute Gasteiger partial charge is 0.479 e. The summed E-state index contributed by atoms with van der Waals surface area (Å²) in [5.41, 5.74) is 2.06. The van der Waals surface area contributed by atoms with Gasteiger partial charge in [-0.1, -0.05) is 54.1 Å². The first-order valence-electron chi connectivity index (χ1n) is 7.87. The number of para-hydroxylation sites is 1. The first kappa shape index (κ1) is 17.0. The molecule has 0 aliphatic carbocycles. The lowest BCUT2D eigenvalue weighted by Gasteiger charge is -2.15. The van der Waals surface area contributed by atoms with Crippen LogP contribution in [0.15, 0.2) is 72.9 Å². The Hall–Kier alpha value is -2.85. The van der Waals surface area contributed by atoms with Gasteiger partial charge < -0.3 is 10.1 Å². The fourth-order valence-electron chi connectivity index (χ4n) is 2.28. The zero-order valence-electron chi connectivity index (χ0n) is 13.6. The average molecular weight is 353 g/mol. The summed E-state index contributed by atoms with van der Waals surface area (Å²) in [5, 5.41) is 3.21. The van der Waals surface area contributed by atoms with Crippen molar-refractivity contribution in [3.05, 3.63) is 77.9 Å². The molecular weight excluding hydrogens is 336 g/mol. The fraction of sp³-hybridized carbons (Fsp3) is 0.100. The molecular formula is C20H17ClN2O2. The minimum Gasteiger partial charge on any atom is -0.479 e. The predicted molar refractivity (Wildman–Crippen MR) is 99.8 cm³/mol. The number of hydrogen-bond donors (Lipinski definition) is 1. The fourth-order valence-corrected chi connectivity index (χ4v) is 2.46. The molecule has 1 atom stereocenters. The smallest absolute Gasteiger partial charge is 0.266 e.